The van der Waals surface area contributed by atoms with Crippen molar-refractivity contribution in [1.29, 1.82) is 0 Å². The second-order valence-corrected chi connectivity index (χ2v) is 6.29. The number of nitrogens with zero attached hydrogens (tertiary/aromatic N) is 3. The molecule has 0 radical (unpaired) electrons. The Morgan fingerprint density at radius 1 is 1.27 bits per heavy atom. The zero-order valence-electron chi connectivity index (χ0n) is 14.9. The summed E-state index contributed by atoms with van der Waals surface area (Å²) >= 11 is 0. The Kier molecular flexibility index (Phi) is 5.62. The van der Waals surface area contributed by atoms with E-state index in [0.717, 1.165) is 25.9 Å². The molecule has 1 fully saturated rings. The van der Waals surface area contributed by atoms with Gasteiger partial charge in [-0.05, 0) is 38.4 Å². The molecule has 8 heteroatoms. The highest BCUT2D eigenvalue weighted by Crippen LogP contribution is 2.21. The monoisotopic (exact) mass is 357 g/mol. The van der Waals surface area contributed by atoms with E-state index in [1.165, 1.54) is 7.11 Å². The van der Waals surface area contributed by atoms with Crippen LogP contribution in [-0.4, -0.2) is 47.1 Å². The average molecular weight is 357 g/mol. The van der Waals surface area contributed by atoms with Crippen molar-refractivity contribution in [1.82, 2.24) is 25.6 Å². The van der Waals surface area contributed by atoms with Gasteiger partial charge in [0.05, 0.1) is 18.8 Å². The van der Waals surface area contributed by atoms with Crippen molar-refractivity contribution in [3.63, 3.8) is 0 Å². The van der Waals surface area contributed by atoms with E-state index in [1.54, 1.807) is 24.3 Å². The van der Waals surface area contributed by atoms with Gasteiger partial charge in [-0.1, -0.05) is 35.5 Å². The fourth-order valence-corrected chi connectivity index (χ4v) is 3.19. The largest absolute Gasteiger partial charge is 0.467 e. The summed E-state index contributed by atoms with van der Waals surface area (Å²) in [6.07, 6.45) is 1.89. The fourth-order valence-electron chi connectivity index (χ4n) is 3.19. The number of carbonyl (C=O) groups is 2. The van der Waals surface area contributed by atoms with Crippen molar-refractivity contribution < 1.29 is 14.3 Å². The van der Waals surface area contributed by atoms with Crippen molar-refractivity contribution in [3.05, 3.63) is 47.3 Å². The molecule has 1 saturated heterocycles. The van der Waals surface area contributed by atoms with Gasteiger partial charge in [0.2, 0.25) is 0 Å². The Balaban J connectivity index is 1.80. The summed E-state index contributed by atoms with van der Waals surface area (Å²) in [5, 5.41) is 14.2. The number of methoxy groups -OCH3 is 1. The van der Waals surface area contributed by atoms with Crippen LogP contribution in [0.25, 0.3) is 0 Å². The molecule has 138 valence electrons. The molecule has 0 saturated carbocycles. The summed E-state index contributed by atoms with van der Waals surface area (Å²) in [4.78, 5) is 24.9. The Labute approximate surface area is 151 Å². The molecular weight excluding hydrogens is 334 g/mol. The van der Waals surface area contributed by atoms with Crippen LogP contribution in [-0.2, 0) is 9.53 Å². The van der Waals surface area contributed by atoms with Crippen molar-refractivity contribution in [2.45, 2.75) is 31.8 Å². The van der Waals surface area contributed by atoms with Crippen molar-refractivity contribution >= 4 is 11.9 Å². The number of hydrogen-bond acceptors (Lipinski definition) is 6. The van der Waals surface area contributed by atoms with E-state index in [1.807, 2.05) is 17.7 Å². The van der Waals surface area contributed by atoms with E-state index < -0.39 is 17.9 Å². The SMILES string of the molecule is COC(=O)C(NC(=O)c1nnn(C2CCNCC2)c1C)c1ccccc1. The Morgan fingerprint density at radius 2 is 1.96 bits per heavy atom. The van der Waals surface area contributed by atoms with Crippen LogP contribution < -0.4 is 10.6 Å². The van der Waals surface area contributed by atoms with Crippen molar-refractivity contribution in [2.24, 2.45) is 0 Å². The first-order valence-electron chi connectivity index (χ1n) is 8.68. The number of benzene rings is 1. The van der Waals surface area contributed by atoms with Crippen LogP contribution >= 0.6 is 0 Å². The highest BCUT2D eigenvalue weighted by atomic mass is 16.5. The minimum atomic E-state index is -0.892. The smallest absolute Gasteiger partial charge is 0.333 e. The molecule has 1 unspecified atom stereocenters. The number of carbonyl (C=O) groups excluding carboxylic acids is 2. The van der Waals surface area contributed by atoms with E-state index in [4.69, 9.17) is 4.74 Å². The van der Waals surface area contributed by atoms with Crippen LogP contribution in [0.15, 0.2) is 30.3 Å². The Morgan fingerprint density at radius 3 is 2.62 bits per heavy atom. The molecule has 1 aliphatic heterocycles. The highest BCUT2D eigenvalue weighted by Gasteiger charge is 2.28. The van der Waals surface area contributed by atoms with E-state index >= 15 is 0 Å². The maximum atomic E-state index is 12.7. The average Bonchev–Trinajstić information content (AvgIpc) is 3.08. The van der Waals surface area contributed by atoms with Crippen LogP contribution in [0.5, 0.6) is 0 Å². The van der Waals surface area contributed by atoms with Gasteiger partial charge in [-0.2, -0.15) is 0 Å². The van der Waals surface area contributed by atoms with Gasteiger partial charge in [0.1, 0.15) is 0 Å². The molecule has 0 spiro atoms. The lowest BCUT2D eigenvalue weighted by Gasteiger charge is -2.23. The van der Waals surface area contributed by atoms with Crippen LogP contribution in [0, 0.1) is 6.92 Å². The first kappa shape index (κ1) is 18.1. The van der Waals surface area contributed by atoms with Crippen LogP contribution in [0.2, 0.25) is 0 Å². The molecule has 1 aromatic heterocycles. The minimum absolute atomic E-state index is 0.230. The summed E-state index contributed by atoms with van der Waals surface area (Å²) in [5.74, 6) is -0.977. The molecular formula is C18H23N5O3. The second-order valence-electron chi connectivity index (χ2n) is 6.29. The standard InChI is InChI=1S/C18H23N5O3/c1-12-15(21-22-23(12)14-8-10-19-11-9-14)17(24)20-16(18(25)26-2)13-6-4-3-5-7-13/h3-7,14,16,19H,8-11H2,1-2H3,(H,20,24). The molecule has 3 rings (SSSR count). The predicted molar refractivity (Wildman–Crippen MR) is 94.6 cm³/mol. The van der Waals surface area contributed by atoms with Gasteiger partial charge in [-0.15, -0.1) is 5.10 Å². The third-order valence-electron chi connectivity index (χ3n) is 4.64. The molecule has 1 aromatic carbocycles. The second kappa shape index (κ2) is 8.09. The van der Waals surface area contributed by atoms with Crippen LogP contribution in [0.4, 0.5) is 0 Å². The molecule has 0 bridgehead atoms. The normalized spacial score (nSPS) is 16.1. The van der Waals surface area contributed by atoms with Gasteiger partial charge in [0, 0.05) is 0 Å². The Hall–Kier alpha value is -2.74. The van der Waals surface area contributed by atoms with Crippen LogP contribution in [0.1, 0.15) is 46.7 Å². The van der Waals surface area contributed by atoms with E-state index in [2.05, 4.69) is 20.9 Å². The summed E-state index contributed by atoms with van der Waals surface area (Å²) < 4.78 is 6.64. The molecule has 1 aliphatic rings. The number of hydrogen-bond donors (Lipinski definition) is 2. The summed E-state index contributed by atoms with van der Waals surface area (Å²) in [6.45, 7) is 3.67. The first-order valence-corrected chi connectivity index (χ1v) is 8.68. The fraction of sp³-hybridized carbons (Fsp3) is 0.444. The number of ether oxygens (including phenoxy) is 1. The molecule has 2 N–H and O–H groups in total. The number of nitrogens with one attached hydrogen (secondary N) is 2. The van der Waals surface area contributed by atoms with Gasteiger partial charge < -0.3 is 15.4 Å². The van der Waals surface area contributed by atoms with Gasteiger partial charge >= 0.3 is 5.97 Å². The number of amides is 1. The summed E-state index contributed by atoms with van der Waals surface area (Å²) in [5.41, 5.74) is 1.58. The van der Waals surface area contributed by atoms with Gasteiger partial charge in [0.25, 0.3) is 5.91 Å². The lowest BCUT2D eigenvalue weighted by atomic mass is 10.1. The molecule has 8 nitrogen and oxygen atoms in total. The third kappa shape index (κ3) is 3.75. The topological polar surface area (TPSA) is 98.1 Å². The number of piperidine rings is 1. The maximum Gasteiger partial charge on any atom is 0.333 e. The minimum Gasteiger partial charge on any atom is -0.467 e. The van der Waals surface area contributed by atoms with Crippen molar-refractivity contribution in [2.75, 3.05) is 20.2 Å². The summed E-state index contributed by atoms with van der Waals surface area (Å²) in [6, 6.07) is 8.31. The van der Waals surface area contributed by atoms with E-state index in [0.29, 0.717) is 11.3 Å². The third-order valence-corrected chi connectivity index (χ3v) is 4.64. The number of aromatic nitrogens is 3. The lowest BCUT2D eigenvalue weighted by molar-refractivity contribution is -0.143. The summed E-state index contributed by atoms with van der Waals surface area (Å²) in [7, 11) is 1.29. The first-order chi connectivity index (χ1) is 12.6. The zero-order valence-corrected chi connectivity index (χ0v) is 14.9. The van der Waals surface area contributed by atoms with E-state index in [9.17, 15) is 9.59 Å². The maximum absolute atomic E-state index is 12.7. The number of rotatable bonds is 5. The quantitative estimate of drug-likeness (QED) is 0.779. The lowest BCUT2D eigenvalue weighted by Crippen LogP contribution is -2.35. The zero-order chi connectivity index (χ0) is 18.5. The predicted octanol–water partition coefficient (Wildman–Crippen LogP) is 1.16. The van der Waals surface area contributed by atoms with Crippen LogP contribution in [0.3, 0.4) is 0 Å². The highest BCUT2D eigenvalue weighted by molar-refractivity contribution is 5.96. The number of esters is 1. The van der Waals surface area contributed by atoms with E-state index in [-0.39, 0.29) is 11.7 Å². The van der Waals surface area contributed by atoms with Gasteiger partial charge in [0.15, 0.2) is 11.7 Å². The molecule has 1 amide bonds. The molecule has 0 aliphatic carbocycles. The van der Waals surface area contributed by atoms with Crippen molar-refractivity contribution in [3.8, 4) is 0 Å². The van der Waals surface area contributed by atoms with Gasteiger partial charge in [-0.3, -0.25) is 4.79 Å². The molecule has 2 heterocycles. The van der Waals surface area contributed by atoms with Gasteiger partial charge in [-0.25, -0.2) is 9.48 Å². The molecule has 26 heavy (non-hydrogen) atoms. The Bertz CT molecular complexity index is 768. The molecule has 1 atom stereocenters. The molecule has 2 aromatic rings.